The lowest BCUT2D eigenvalue weighted by atomic mass is 9.87. The van der Waals surface area contributed by atoms with Gasteiger partial charge < -0.3 is 9.84 Å². The van der Waals surface area contributed by atoms with Gasteiger partial charge in [-0.3, -0.25) is 4.79 Å². The first-order chi connectivity index (χ1) is 11.6. The van der Waals surface area contributed by atoms with Crippen LogP contribution in [0.3, 0.4) is 0 Å². The summed E-state index contributed by atoms with van der Waals surface area (Å²) in [7, 11) is 0. The number of carbonyl (C=O) groups excluding carboxylic acids is 1. The van der Waals surface area contributed by atoms with Crippen LogP contribution in [-0.2, 0) is 6.42 Å². The van der Waals surface area contributed by atoms with E-state index in [4.69, 9.17) is 4.52 Å². The number of aromatic nitrogens is 2. The van der Waals surface area contributed by atoms with Gasteiger partial charge in [0.15, 0.2) is 0 Å². The summed E-state index contributed by atoms with van der Waals surface area (Å²) in [6.07, 6.45) is 3.11. The van der Waals surface area contributed by atoms with Gasteiger partial charge in [-0.25, -0.2) is 4.98 Å². The zero-order valence-corrected chi connectivity index (χ0v) is 13.8. The van der Waals surface area contributed by atoms with Crippen LogP contribution in [-0.4, -0.2) is 16.0 Å². The van der Waals surface area contributed by atoms with Crippen LogP contribution in [0.25, 0.3) is 11.1 Å². The molecule has 0 bridgehead atoms. The Morgan fingerprint density at radius 3 is 3.00 bits per heavy atom. The summed E-state index contributed by atoms with van der Waals surface area (Å²) >= 11 is 0. The quantitative estimate of drug-likeness (QED) is 0.782. The number of nitrogens with zero attached hydrogens (tertiary/aromatic N) is 2. The van der Waals surface area contributed by atoms with Gasteiger partial charge in [0, 0.05) is 5.69 Å². The Morgan fingerprint density at radius 1 is 1.29 bits per heavy atom. The first-order valence-corrected chi connectivity index (χ1v) is 8.26. The van der Waals surface area contributed by atoms with Gasteiger partial charge in [-0.1, -0.05) is 29.4 Å². The molecule has 5 nitrogen and oxygen atoms in total. The van der Waals surface area contributed by atoms with Gasteiger partial charge in [0.25, 0.3) is 11.6 Å². The third-order valence-electron chi connectivity index (χ3n) is 4.66. The fraction of sp³-hybridized carbons (Fsp3) is 0.316. The molecular weight excluding hydrogens is 302 g/mol. The fourth-order valence-electron chi connectivity index (χ4n) is 3.54. The minimum absolute atomic E-state index is 0.0473. The number of aryl methyl sites for hydroxylation is 3. The highest BCUT2D eigenvalue weighted by Gasteiger charge is 2.24. The molecule has 1 aliphatic carbocycles. The van der Waals surface area contributed by atoms with Crippen LogP contribution < -0.4 is 5.32 Å². The van der Waals surface area contributed by atoms with Crippen molar-refractivity contribution >= 4 is 17.0 Å². The molecule has 1 N–H and O–H groups in total. The molecule has 0 unspecified atom stereocenters. The third-order valence-corrected chi connectivity index (χ3v) is 4.66. The van der Waals surface area contributed by atoms with Gasteiger partial charge in [0.2, 0.25) is 0 Å². The number of hydrogen-bond acceptors (Lipinski definition) is 4. The van der Waals surface area contributed by atoms with Crippen molar-refractivity contribution in [2.24, 2.45) is 0 Å². The van der Waals surface area contributed by atoms with Crippen molar-refractivity contribution in [1.82, 2.24) is 15.5 Å². The minimum atomic E-state index is -0.0986. The van der Waals surface area contributed by atoms with E-state index in [0.717, 1.165) is 25.0 Å². The van der Waals surface area contributed by atoms with E-state index in [2.05, 4.69) is 33.7 Å². The molecule has 1 atom stereocenters. The average Bonchev–Trinajstić information content (AvgIpc) is 2.95. The van der Waals surface area contributed by atoms with Crippen LogP contribution in [0.5, 0.6) is 0 Å². The molecule has 1 amide bonds. The molecule has 2 aromatic heterocycles. The summed E-state index contributed by atoms with van der Waals surface area (Å²) in [5.74, 6) is -0.0986. The molecule has 0 radical (unpaired) electrons. The Bertz CT molecular complexity index is 930. The summed E-state index contributed by atoms with van der Waals surface area (Å²) < 4.78 is 5.23. The number of benzene rings is 1. The largest absolute Gasteiger partial charge is 0.345 e. The van der Waals surface area contributed by atoms with Crippen molar-refractivity contribution in [3.8, 4) is 0 Å². The number of amides is 1. The SMILES string of the molecule is Cc1cc(C(=O)N[C@@H]2CCCc3ccccc32)c2c(C)noc2n1. The fourth-order valence-corrected chi connectivity index (χ4v) is 3.54. The van der Waals surface area contributed by atoms with Crippen molar-refractivity contribution in [2.75, 3.05) is 0 Å². The minimum Gasteiger partial charge on any atom is -0.345 e. The van der Waals surface area contributed by atoms with Crippen LogP contribution >= 0.6 is 0 Å². The summed E-state index contributed by atoms with van der Waals surface area (Å²) in [5, 5.41) is 7.83. The molecule has 0 spiro atoms. The Kier molecular flexibility index (Phi) is 3.56. The second kappa shape index (κ2) is 5.74. The predicted molar refractivity (Wildman–Crippen MR) is 90.9 cm³/mol. The summed E-state index contributed by atoms with van der Waals surface area (Å²) in [6, 6.07) is 10.2. The van der Waals surface area contributed by atoms with E-state index < -0.39 is 0 Å². The standard InChI is InChI=1S/C19H19N3O2/c1-11-10-15(17-12(2)22-24-19(17)20-11)18(23)21-16-9-5-7-13-6-3-4-8-14(13)16/h3-4,6,8,10,16H,5,7,9H2,1-2H3,(H,21,23)/t16-/m1/s1. The topological polar surface area (TPSA) is 68.0 Å². The Balaban J connectivity index is 1.70. The molecule has 24 heavy (non-hydrogen) atoms. The maximum absolute atomic E-state index is 12.9. The Morgan fingerprint density at radius 2 is 2.12 bits per heavy atom. The maximum Gasteiger partial charge on any atom is 0.258 e. The maximum atomic E-state index is 12.9. The molecule has 4 rings (SSSR count). The molecule has 0 aliphatic heterocycles. The smallest absolute Gasteiger partial charge is 0.258 e. The molecule has 2 heterocycles. The number of hydrogen-bond donors (Lipinski definition) is 1. The zero-order valence-electron chi connectivity index (χ0n) is 13.8. The number of nitrogens with one attached hydrogen (secondary N) is 1. The van der Waals surface area contributed by atoms with Crippen LogP contribution in [0.2, 0.25) is 0 Å². The van der Waals surface area contributed by atoms with Crippen molar-refractivity contribution in [3.05, 3.63) is 58.4 Å². The molecule has 122 valence electrons. The first kappa shape index (κ1) is 14.9. The van der Waals surface area contributed by atoms with Crippen molar-refractivity contribution in [3.63, 3.8) is 0 Å². The van der Waals surface area contributed by atoms with E-state index in [1.165, 1.54) is 11.1 Å². The number of fused-ring (bicyclic) bond motifs is 2. The van der Waals surface area contributed by atoms with Crippen LogP contribution in [0.1, 0.15) is 51.8 Å². The van der Waals surface area contributed by atoms with E-state index in [0.29, 0.717) is 22.4 Å². The molecule has 0 saturated carbocycles. The average molecular weight is 321 g/mol. The number of pyridine rings is 1. The van der Waals surface area contributed by atoms with E-state index in [-0.39, 0.29) is 11.9 Å². The highest BCUT2D eigenvalue weighted by atomic mass is 16.5. The number of carbonyl (C=O) groups is 1. The highest BCUT2D eigenvalue weighted by molar-refractivity contribution is 6.06. The van der Waals surface area contributed by atoms with Gasteiger partial charge in [-0.15, -0.1) is 0 Å². The lowest BCUT2D eigenvalue weighted by molar-refractivity contribution is 0.0934. The molecular formula is C19H19N3O2. The lowest BCUT2D eigenvalue weighted by Gasteiger charge is -2.26. The van der Waals surface area contributed by atoms with Gasteiger partial charge in [0.1, 0.15) is 0 Å². The van der Waals surface area contributed by atoms with Gasteiger partial charge >= 0.3 is 0 Å². The van der Waals surface area contributed by atoms with Gasteiger partial charge in [-0.2, -0.15) is 0 Å². The summed E-state index contributed by atoms with van der Waals surface area (Å²) in [4.78, 5) is 17.2. The van der Waals surface area contributed by atoms with E-state index in [1.807, 2.05) is 19.9 Å². The second-order valence-electron chi connectivity index (χ2n) is 6.38. The molecule has 1 aromatic carbocycles. The van der Waals surface area contributed by atoms with Crippen molar-refractivity contribution in [2.45, 2.75) is 39.2 Å². The molecule has 0 fully saturated rings. The normalized spacial score (nSPS) is 16.8. The van der Waals surface area contributed by atoms with Crippen LogP contribution in [0.4, 0.5) is 0 Å². The monoisotopic (exact) mass is 321 g/mol. The third kappa shape index (κ3) is 2.46. The number of rotatable bonds is 2. The van der Waals surface area contributed by atoms with Gasteiger partial charge in [0.05, 0.1) is 22.7 Å². The summed E-state index contributed by atoms with van der Waals surface area (Å²) in [6.45, 7) is 3.68. The highest BCUT2D eigenvalue weighted by Crippen LogP contribution is 2.30. The lowest BCUT2D eigenvalue weighted by Crippen LogP contribution is -2.31. The first-order valence-electron chi connectivity index (χ1n) is 8.26. The van der Waals surface area contributed by atoms with E-state index in [1.54, 1.807) is 6.07 Å². The Labute approximate surface area is 140 Å². The molecule has 1 aliphatic rings. The van der Waals surface area contributed by atoms with Crippen LogP contribution in [0, 0.1) is 13.8 Å². The van der Waals surface area contributed by atoms with E-state index >= 15 is 0 Å². The van der Waals surface area contributed by atoms with Crippen LogP contribution in [0.15, 0.2) is 34.9 Å². The second-order valence-corrected chi connectivity index (χ2v) is 6.38. The van der Waals surface area contributed by atoms with Gasteiger partial charge in [-0.05, 0) is 50.3 Å². The molecule has 3 aromatic rings. The molecule has 0 saturated heterocycles. The van der Waals surface area contributed by atoms with E-state index in [9.17, 15) is 4.79 Å². The van der Waals surface area contributed by atoms with Crippen molar-refractivity contribution in [1.29, 1.82) is 0 Å². The Hall–Kier alpha value is -2.69. The predicted octanol–water partition coefficient (Wildman–Crippen LogP) is 3.65. The van der Waals surface area contributed by atoms with Crippen molar-refractivity contribution < 1.29 is 9.32 Å². The zero-order chi connectivity index (χ0) is 16.7. The summed E-state index contributed by atoms with van der Waals surface area (Å²) in [5.41, 5.74) is 4.98. The molecule has 5 heteroatoms.